The Kier molecular flexibility index (Phi) is 6.16. The van der Waals surface area contributed by atoms with Gasteiger partial charge in [-0.2, -0.15) is 0 Å². The van der Waals surface area contributed by atoms with Crippen LogP contribution >= 0.6 is 31.9 Å². The van der Waals surface area contributed by atoms with Gasteiger partial charge in [0.1, 0.15) is 4.83 Å². The summed E-state index contributed by atoms with van der Waals surface area (Å²) in [5.41, 5.74) is 1.16. The quantitative estimate of drug-likeness (QED) is 0.644. The second kappa shape index (κ2) is 7.13. The second-order valence-corrected chi connectivity index (χ2v) is 5.60. The third kappa shape index (κ3) is 4.41. The van der Waals surface area contributed by atoms with Gasteiger partial charge < -0.3 is 10.1 Å². The lowest BCUT2D eigenvalue weighted by Gasteiger charge is -2.17. The van der Waals surface area contributed by atoms with Crippen LogP contribution in [0.5, 0.6) is 0 Å². The van der Waals surface area contributed by atoms with E-state index in [1.165, 1.54) is 7.11 Å². The molecule has 0 aliphatic heterocycles. The number of methoxy groups -OCH3 is 1. The summed E-state index contributed by atoms with van der Waals surface area (Å²) in [7, 11) is 1.38. The van der Waals surface area contributed by atoms with E-state index in [4.69, 9.17) is 0 Å². The SMILES string of the molecule is COC(=O)C(Br)CN[C@@H](C)c1ccccc1Br. The summed E-state index contributed by atoms with van der Waals surface area (Å²) in [4.78, 5) is 10.9. The van der Waals surface area contributed by atoms with Crippen molar-refractivity contribution in [3.05, 3.63) is 34.3 Å². The molecule has 17 heavy (non-hydrogen) atoms. The number of carbonyl (C=O) groups excluding carboxylic acids is 1. The van der Waals surface area contributed by atoms with Crippen LogP contribution in [-0.2, 0) is 9.53 Å². The molecule has 2 atom stereocenters. The largest absolute Gasteiger partial charge is 0.468 e. The van der Waals surface area contributed by atoms with Gasteiger partial charge in [-0.1, -0.05) is 50.1 Å². The predicted octanol–water partition coefficient (Wildman–Crippen LogP) is 3.04. The molecular formula is C12H15Br2NO2. The van der Waals surface area contributed by atoms with Gasteiger partial charge in [0.2, 0.25) is 0 Å². The fourth-order valence-corrected chi connectivity index (χ4v) is 2.43. The van der Waals surface area contributed by atoms with E-state index in [1.54, 1.807) is 0 Å². The lowest BCUT2D eigenvalue weighted by Crippen LogP contribution is -2.31. The Balaban J connectivity index is 2.53. The molecule has 0 aliphatic carbocycles. The van der Waals surface area contributed by atoms with Crippen LogP contribution in [-0.4, -0.2) is 24.5 Å². The summed E-state index contributed by atoms with van der Waals surface area (Å²) in [5.74, 6) is -0.267. The van der Waals surface area contributed by atoms with E-state index in [9.17, 15) is 4.79 Å². The van der Waals surface area contributed by atoms with Crippen molar-refractivity contribution in [2.24, 2.45) is 0 Å². The number of esters is 1. The molecule has 1 aromatic carbocycles. The van der Waals surface area contributed by atoms with Gasteiger partial charge >= 0.3 is 5.97 Å². The highest BCUT2D eigenvalue weighted by molar-refractivity contribution is 9.10. The topological polar surface area (TPSA) is 38.3 Å². The highest BCUT2D eigenvalue weighted by atomic mass is 79.9. The average molecular weight is 365 g/mol. The number of rotatable bonds is 5. The number of benzene rings is 1. The van der Waals surface area contributed by atoms with E-state index >= 15 is 0 Å². The second-order valence-electron chi connectivity index (χ2n) is 3.64. The average Bonchev–Trinajstić information content (AvgIpc) is 2.35. The van der Waals surface area contributed by atoms with Crippen molar-refractivity contribution in [1.29, 1.82) is 0 Å². The summed E-state index contributed by atoms with van der Waals surface area (Å²) in [6.07, 6.45) is 0. The van der Waals surface area contributed by atoms with Gasteiger partial charge in [0, 0.05) is 17.1 Å². The van der Waals surface area contributed by atoms with Crippen LogP contribution in [0.2, 0.25) is 0 Å². The molecule has 1 aromatic rings. The third-order valence-electron chi connectivity index (χ3n) is 2.43. The predicted molar refractivity (Wildman–Crippen MR) is 75.3 cm³/mol. The van der Waals surface area contributed by atoms with Gasteiger partial charge in [-0.3, -0.25) is 4.79 Å². The summed E-state index contributed by atoms with van der Waals surface area (Å²) in [6.45, 7) is 2.58. The molecule has 0 spiro atoms. The summed E-state index contributed by atoms with van der Waals surface area (Å²) >= 11 is 6.78. The molecule has 0 aromatic heterocycles. The highest BCUT2D eigenvalue weighted by Gasteiger charge is 2.16. The molecule has 1 rings (SSSR count). The zero-order valence-electron chi connectivity index (χ0n) is 9.74. The van der Waals surface area contributed by atoms with Crippen molar-refractivity contribution < 1.29 is 9.53 Å². The van der Waals surface area contributed by atoms with Crippen molar-refractivity contribution in [2.75, 3.05) is 13.7 Å². The minimum atomic E-state index is -0.322. The minimum absolute atomic E-state index is 0.162. The standard InChI is InChI=1S/C12H15Br2NO2/c1-8(9-5-3-4-6-10(9)13)15-7-11(14)12(16)17-2/h3-6,8,11,15H,7H2,1-2H3/t8-,11?/m0/s1. The first kappa shape index (κ1) is 14.7. The molecule has 5 heteroatoms. The first-order valence-electron chi connectivity index (χ1n) is 5.26. The maximum atomic E-state index is 11.2. The van der Waals surface area contributed by atoms with Gasteiger partial charge in [-0.25, -0.2) is 0 Å². The van der Waals surface area contributed by atoms with Crippen LogP contribution in [0.1, 0.15) is 18.5 Å². The molecule has 94 valence electrons. The number of ether oxygens (including phenoxy) is 1. The third-order valence-corrected chi connectivity index (χ3v) is 3.85. The zero-order chi connectivity index (χ0) is 12.8. The Morgan fingerprint density at radius 2 is 2.12 bits per heavy atom. The van der Waals surface area contributed by atoms with Crippen LogP contribution in [0.4, 0.5) is 0 Å². The normalized spacial score (nSPS) is 14.1. The smallest absolute Gasteiger partial charge is 0.320 e. The van der Waals surface area contributed by atoms with E-state index in [0.29, 0.717) is 6.54 Å². The Bertz CT molecular complexity index is 385. The Labute approximate surface area is 118 Å². The number of carbonyl (C=O) groups is 1. The van der Waals surface area contributed by atoms with Crippen LogP contribution < -0.4 is 5.32 Å². The molecule has 0 bridgehead atoms. The molecule has 0 aliphatic rings. The van der Waals surface area contributed by atoms with E-state index in [-0.39, 0.29) is 16.8 Å². The van der Waals surface area contributed by atoms with Gasteiger partial charge in [-0.05, 0) is 18.6 Å². The molecule has 3 nitrogen and oxygen atoms in total. The lowest BCUT2D eigenvalue weighted by molar-refractivity contribution is -0.139. The molecule has 1 unspecified atom stereocenters. The Morgan fingerprint density at radius 3 is 2.71 bits per heavy atom. The fourth-order valence-electron chi connectivity index (χ4n) is 1.43. The first-order chi connectivity index (χ1) is 8.06. The van der Waals surface area contributed by atoms with Crippen LogP contribution in [0, 0.1) is 0 Å². The van der Waals surface area contributed by atoms with Crippen LogP contribution in [0.15, 0.2) is 28.7 Å². The molecule has 0 saturated heterocycles. The number of hydrogen-bond acceptors (Lipinski definition) is 3. The number of hydrogen-bond donors (Lipinski definition) is 1. The fraction of sp³-hybridized carbons (Fsp3) is 0.417. The monoisotopic (exact) mass is 363 g/mol. The van der Waals surface area contributed by atoms with E-state index in [1.807, 2.05) is 24.3 Å². The highest BCUT2D eigenvalue weighted by Crippen LogP contribution is 2.22. The molecule has 0 amide bonds. The number of alkyl halides is 1. The summed E-state index contributed by atoms with van der Waals surface area (Å²) < 4.78 is 5.70. The van der Waals surface area contributed by atoms with Crippen LogP contribution in [0.3, 0.4) is 0 Å². The Hall–Kier alpha value is -0.390. The number of halogens is 2. The molecule has 1 N–H and O–H groups in total. The molecule has 0 heterocycles. The first-order valence-corrected chi connectivity index (χ1v) is 6.96. The van der Waals surface area contributed by atoms with Crippen molar-refractivity contribution in [2.45, 2.75) is 17.8 Å². The van der Waals surface area contributed by atoms with E-state index in [0.717, 1.165) is 10.0 Å². The van der Waals surface area contributed by atoms with Gasteiger partial charge in [0.15, 0.2) is 0 Å². The van der Waals surface area contributed by atoms with Crippen LogP contribution in [0.25, 0.3) is 0 Å². The Morgan fingerprint density at radius 1 is 1.47 bits per heavy atom. The van der Waals surface area contributed by atoms with Gasteiger partial charge in [-0.15, -0.1) is 0 Å². The van der Waals surface area contributed by atoms with Gasteiger partial charge in [0.25, 0.3) is 0 Å². The van der Waals surface area contributed by atoms with Crippen molar-refractivity contribution in [3.8, 4) is 0 Å². The lowest BCUT2D eigenvalue weighted by atomic mass is 10.1. The molecule has 0 fully saturated rings. The van der Waals surface area contributed by atoms with E-state index in [2.05, 4.69) is 48.8 Å². The number of nitrogens with one attached hydrogen (secondary N) is 1. The zero-order valence-corrected chi connectivity index (χ0v) is 12.9. The van der Waals surface area contributed by atoms with Crippen molar-refractivity contribution in [1.82, 2.24) is 5.32 Å². The van der Waals surface area contributed by atoms with Gasteiger partial charge in [0.05, 0.1) is 7.11 Å². The summed E-state index contributed by atoms with van der Waals surface area (Å²) in [6, 6.07) is 8.17. The maximum absolute atomic E-state index is 11.2. The van der Waals surface area contributed by atoms with Crippen molar-refractivity contribution >= 4 is 37.8 Å². The molecular weight excluding hydrogens is 350 g/mol. The maximum Gasteiger partial charge on any atom is 0.320 e. The molecule has 0 saturated carbocycles. The molecule has 0 radical (unpaired) electrons. The van der Waals surface area contributed by atoms with E-state index < -0.39 is 0 Å². The summed E-state index contributed by atoms with van der Waals surface area (Å²) in [5, 5.41) is 3.28. The minimum Gasteiger partial charge on any atom is -0.468 e. The van der Waals surface area contributed by atoms with Crippen molar-refractivity contribution in [3.63, 3.8) is 0 Å².